The van der Waals surface area contributed by atoms with E-state index in [2.05, 4.69) is 25.1 Å². The number of hydrogen-bond donors (Lipinski definition) is 2. The number of nitrogens with zero attached hydrogens (tertiary/aromatic N) is 4. The van der Waals surface area contributed by atoms with Gasteiger partial charge in [0.25, 0.3) is 0 Å². The molecule has 11 nitrogen and oxygen atoms in total. The van der Waals surface area contributed by atoms with Crippen LogP contribution < -0.4 is 14.2 Å². The highest BCUT2D eigenvalue weighted by Crippen LogP contribution is 2.35. The molecule has 0 saturated heterocycles. The van der Waals surface area contributed by atoms with Crippen LogP contribution in [0, 0.1) is 0 Å². The lowest BCUT2D eigenvalue weighted by atomic mass is 9.89. The Bertz CT molecular complexity index is 1670. The van der Waals surface area contributed by atoms with Crippen molar-refractivity contribution in [2.75, 3.05) is 22.6 Å². The van der Waals surface area contributed by atoms with Crippen molar-refractivity contribution in [3.8, 4) is 11.4 Å². The van der Waals surface area contributed by atoms with E-state index in [1.54, 1.807) is 53.5 Å². The van der Waals surface area contributed by atoms with E-state index in [1.807, 2.05) is 0 Å². The summed E-state index contributed by atoms with van der Waals surface area (Å²) in [5.41, 5.74) is 4.41. The standard InChI is InChI=1S/C23H24N6O5S2/c1-35(30,31)28-17-9-7-16(8-10-17)26-23-24-13-15-14-25-29(22(15)27-23)20-11-12-21(34-36(2,32)33)19-6-4-3-5-18(19)20/h7-14,28H,3-6H2,1-2H3,(H,24,26,27). The molecule has 0 amide bonds. The van der Waals surface area contributed by atoms with Crippen LogP contribution in [0.4, 0.5) is 17.3 Å². The maximum Gasteiger partial charge on any atom is 0.306 e. The first-order valence-corrected chi connectivity index (χ1v) is 14.9. The van der Waals surface area contributed by atoms with Gasteiger partial charge in [0.1, 0.15) is 5.75 Å². The minimum absolute atomic E-state index is 0.346. The quantitative estimate of drug-likeness (QED) is 0.345. The second kappa shape index (κ2) is 9.06. The molecule has 1 aliphatic carbocycles. The van der Waals surface area contributed by atoms with Crippen molar-refractivity contribution >= 4 is 48.5 Å². The zero-order valence-corrected chi connectivity index (χ0v) is 21.2. The molecule has 0 atom stereocenters. The van der Waals surface area contributed by atoms with Gasteiger partial charge in [-0.25, -0.2) is 18.1 Å². The summed E-state index contributed by atoms with van der Waals surface area (Å²) < 4.78 is 55.7. The molecule has 0 saturated carbocycles. The third kappa shape index (κ3) is 5.26. The predicted octanol–water partition coefficient (Wildman–Crippen LogP) is 3.15. The van der Waals surface area contributed by atoms with Crippen LogP contribution in [0.15, 0.2) is 48.8 Å². The smallest absolute Gasteiger partial charge is 0.306 e. The summed E-state index contributed by atoms with van der Waals surface area (Å²) in [6.07, 6.45) is 8.91. The number of rotatable bonds is 7. The Morgan fingerprint density at radius 1 is 0.889 bits per heavy atom. The van der Waals surface area contributed by atoms with Crippen LogP contribution in [0.2, 0.25) is 0 Å². The molecule has 13 heteroatoms. The number of sulfonamides is 1. The number of nitrogens with one attached hydrogen (secondary N) is 2. The lowest BCUT2D eigenvalue weighted by molar-refractivity contribution is 0.486. The largest absolute Gasteiger partial charge is 0.382 e. The van der Waals surface area contributed by atoms with Crippen LogP contribution in [0.25, 0.3) is 16.7 Å². The molecule has 0 fully saturated rings. The van der Waals surface area contributed by atoms with Gasteiger partial charge in [-0.2, -0.15) is 18.5 Å². The highest BCUT2D eigenvalue weighted by atomic mass is 32.2. The maximum absolute atomic E-state index is 11.7. The average molecular weight is 529 g/mol. The summed E-state index contributed by atoms with van der Waals surface area (Å²) in [5.74, 6) is 0.706. The third-order valence-electron chi connectivity index (χ3n) is 5.69. The molecule has 0 unspecified atom stereocenters. The summed E-state index contributed by atoms with van der Waals surface area (Å²) in [7, 11) is -7.00. The van der Waals surface area contributed by atoms with Crippen LogP contribution in [-0.4, -0.2) is 49.1 Å². The number of hydrogen-bond acceptors (Lipinski definition) is 9. The topological polar surface area (TPSA) is 145 Å². The maximum atomic E-state index is 11.7. The molecule has 36 heavy (non-hydrogen) atoms. The zero-order valence-electron chi connectivity index (χ0n) is 19.6. The lowest BCUT2D eigenvalue weighted by Gasteiger charge is -2.22. The van der Waals surface area contributed by atoms with Crippen LogP contribution in [0.5, 0.6) is 5.75 Å². The average Bonchev–Trinajstić information content (AvgIpc) is 3.22. The van der Waals surface area contributed by atoms with Crippen LogP contribution in [0.3, 0.4) is 0 Å². The van der Waals surface area contributed by atoms with Gasteiger partial charge in [0.2, 0.25) is 16.0 Å². The number of benzene rings is 2. The first-order valence-electron chi connectivity index (χ1n) is 11.2. The molecule has 1 aliphatic rings. The van der Waals surface area contributed by atoms with Gasteiger partial charge in [-0.1, -0.05) is 0 Å². The van der Waals surface area contributed by atoms with Crippen molar-refractivity contribution in [2.24, 2.45) is 0 Å². The van der Waals surface area contributed by atoms with Crippen molar-refractivity contribution in [3.05, 3.63) is 59.9 Å². The normalized spacial score (nSPS) is 13.8. The molecule has 0 bridgehead atoms. The Labute approximate surface area is 208 Å². The molecular formula is C23H24N6O5S2. The molecule has 5 rings (SSSR count). The molecule has 2 heterocycles. The van der Waals surface area contributed by atoms with Crippen LogP contribution in [-0.2, 0) is 33.0 Å². The number of aromatic nitrogens is 4. The fourth-order valence-electron chi connectivity index (χ4n) is 4.27. The minimum Gasteiger partial charge on any atom is -0.382 e. The van der Waals surface area contributed by atoms with Gasteiger partial charge in [-0.3, -0.25) is 4.72 Å². The van der Waals surface area contributed by atoms with Gasteiger partial charge in [-0.05, 0) is 67.6 Å². The summed E-state index contributed by atoms with van der Waals surface area (Å²) in [6, 6.07) is 10.2. The first kappa shape index (κ1) is 24.0. The van der Waals surface area contributed by atoms with E-state index in [9.17, 15) is 16.8 Å². The molecular weight excluding hydrogens is 504 g/mol. The van der Waals surface area contributed by atoms with Crippen molar-refractivity contribution in [3.63, 3.8) is 0 Å². The van der Waals surface area contributed by atoms with Crippen LogP contribution >= 0.6 is 0 Å². The van der Waals surface area contributed by atoms with E-state index in [1.165, 1.54) is 0 Å². The Kier molecular flexibility index (Phi) is 6.04. The van der Waals surface area contributed by atoms with E-state index >= 15 is 0 Å². The molecule has 2 N–H and O–H groups in total. The molecule has 0 aliphatic heterocycles. The van der Waals surface area contributed by atoms with Gasteiger partial charge in [-0.15, -0.1) is 0 Å². The van der Waals surface area contributed by atoms with E-state index in [0.717, 1.165) is 60.4 Å². The fraction of sp³-hybridized carbons (Fsp3) is 0.261. The monoisotopic (exact) mass is 528 g/mol. The van der Waals surface area contributed by atoms with Gasteiger partial charge in [0.15, 0.2) is 5.65 Å². The highest BCUT2D eigenvalue weighted by Gasteiger charge is 2.22. The Morgan fingerprint density at radius 2 is 1.58 bits per heavy atom. The van der Waals surface area contributed by atoms with E-state index in [0.29, 0.717) is 28.7 Å². The third-order valence-corrected chi connectivity index (χ3v) is 6.78. The van der Waals surface area contributed by atoms with Crippen molar-refractivity contribution < 1.29 is 21.0 Å². The molecule has 0 spiro atoms. The SMILES string of the molecule is CS(=O)(=O)Nc1ccc(Nc2ncc3cnn(-c4ccc(OS(C)(=O)=O)c5c4CCCC5)c3n2)cc1. The predicted molar refractivity (Wildman–Crippen MR) is 137 cm³/mol. The van der Waals surface area contributed by atoms with Crippen molar-refractivity contribution in [1.82, 2.24) is 19.7 Å². The summed E-state index contributed by atoms with van der Waals surface area (Å²) >= 11 is 0. The van der Waals surface area contributed by atoms with Crippen LogP contribution in [0.1, 0.15) is 24.0 Å². The van der Waals surface area contributed by atoms with Gasteiger partial charge in [0.05, 0.1) is 29.8 Å². The van der Waals surface area contributed by atoms with E-state index in [-0.39, 0.29) is 0 Å². The Balaban J connectivity index is 1.49. The highest BCUT2D eigenvalue weighted by molar-refractivity contribution is 7.92. The summed E-state index contributed by atoms with van der Waals surface area (Å²) in [4.78, 5) is 9.02. The number of fused-ring (bicyclic) bond motifs is 2. The van der Waals surface area contributed by atoms with Gasteiger partial charge in [0, 0.05) is 23.1 Å². The van der Waals surface area contributed by atoms with E-state index in [4.69, 9.17) is 4.18 Å². The van der Waals surface area contributed by atoms with Crippen molar-refractivity contribution in [2.45, 2.75) is 25.7 Å². The Hall–Kier alpha value is -3.71. The van der Waals surface area contributed by atoms with Crippen molar-refractivity contribution in [1.29, 1.82) is 0 Å². The zero-order chi connectivity index (χ0) is 25.5. The number of anilines is 3. The molecule has 4 aromatic rings. The lowest BCUT2D eigenvalue weighted by Crippen LogP contribution is -2.14. The fourth-order valence-corrected chi connectivity index (χ4v) is 5.32. The van der Waals surface area contributed by atoms with Gasteiger partial charge >= 0.3 is 10.1 Å². The summed E-state index contributed by atoms with van der Waals surface area (Å²) in [6.45, 7) is 0. The molecule has 2 aromatic carbocycles. The second-order valence-corrected chi connectivity index (χ2v) is 12.0. The molecule has 2 aromatic heterocycles. The summed E-state index contributed by atoms with van der Waals surface area (Å²) in [5, 5.41) is 8.40. The van der Waals surface area contributed by atoms with E-state index < -0.39 is 20.1 Å². The Morgan fingerprint density at radius 3 is 2.28 bits per heavy atom. The van der Waals surface area contributed by atoms with Gasteiger partial charge < -0.3 is 9.50 Å². The minimum atomic E-state index is -3.64. The first-order chi connectivity index (χ1) is 17.1. The second-order valence-electron chi connectivity index (χ2n) is 8.64. The molecule has 0 radical (unpaired) electrons. The molecule has 188 valence electrons.